The number of fused-ring (bicyclic) bond motifs is 2. The SMILES string of the molecule is O=C(NC1CC1)[C@@]12CCO[C@@H]1CCN(Cc1ccc3ccccc3n1)C2. The number of carbonyl (C=O) groups is 1. The van der Waals surface area contributed by atoms with E-state index in [1.165, 1.54) is 5.39 Å². The van der Waals surface area contributed by atoms with E-state index in [1.54, 1.807) is 0 Å². The van der Waals surface area contributed by atoms with E-state index < -0.39 is 0 Å². The van der Waals surface area contributed by atoms with Crippen LogP contribution < -0.4 is 5.32 Å². The molecule has 2 saturated heterocycles. The summed E-state index contributed by atoms with van der Waals surface area (Å²) >= 11 is 0. The average Bonchev–Trinajstić information content (AvgIpc) is 3.37. The van der Waals surface area contributed by atoms with Crippen molar-refractivity contribution in [2.24, 2.45) is 5.41 Å². The highest BCUT2D eigenvalue weighted by atomic mass is 16.5. The molecule has 2 atom stereocenters. The number of likely N-dealkylation sites (tertiary alicyclic amines) is 1. The van der Waals surface area contributed by atoms with Crippen LogP contribution in [0.3, 0.4) is 0 Å². The Morgan fingerprint density at radius 3 is 3.00 bits per heavy atom. The number of hydrogen-bond donors (Lipinski definition) is 1. The number of aromatic nitrogens is 1. The van der Waals surface area contributed by atoms with E-state index in [4.69, 9.17) is 9.72 Å². The molecule has 5 nitrogen and oxygen atoms in total. The molecular formula is C21H25N3O2. The van der Waals surface area contributed by atoms with E-state index in [0.29, 0.717) is 12.6 Å². The van der Waals surface area contributed by atoms with Crippen LogP contribution in [0.4, 0.5) is 0 Å². The Labute approximate surface area is 153 Å². The van der Waals surface area contributed by atoms with Gasteiger partial charge in [-0.3, -0.25) is 14.7 Å². The molecule has 3 aliphatic rings. The number of rotatable bonds is 4. The maximum absolute atomic E-state index is 13.0. The topological polar surface area (TPSA) is 54.5 Å². The van der Waals surface area contributed by atoms with Crippen LogP contribution in [0.1, 0.15) is 31.4 Å². The minimum Gasteiger partial charge on any atom is -0.377 e. The number of nitrogens with one attached hydrogen (secondary N) is 1. The van der Waals surface area contributed by atoms with E-state index in [0.717, 1.165) is 56.5 Å². The number of benzene rings is 1. The van der Waals surface area contributed by atoms with Crippen molar-refractivity contribution in [1.29, 1.82) is 0 Å². The summed E-state index contributed by atoms with van der Waals surface area (Å²) in [5.41, 5.74) is 1.72. The number of para-hydroxylation sites is 1. The Hall–Kier alpha value is -1.98. The highest BCUT2D eigenvalue weighted by Gasteiger charge is 2.53. The highest BCUT2D eigenvalue weighted by Crippen LogP contribution is 2.42. The van der Waals surface area contributed by atoms with Crippen LogP contribution in [0.2, 0.25) is 0 Å². The first-order chi connectivity index (χ1) is 12.7. The average molecular weight is 351 g/mol. The van der Waals surface area contributed by atoms with Crippen LogP contribution in [0.5, 0.6) is 0 Å². The van der Waals surface area contributed by atoms with E-state index >= 15 is 0 Å². The van der Waals surface area contributed by atoms with Crippen LogP contribution in [0, 0.1) is 5.41 Å². The Balaban J connectivity index is 1.35. The molecule has 2 aliphatic heterocycles. The zero-order chi connectivity index (χ0) is 17.6. The molecule has 136 valence electrons. The van der Waals surface area contributed by atoms with Gasteiger partial charge in [0.05, 0.1) is 22.7 Å². The summed E-state index contributed by atoms with van der Waals surface area (Å²) in [5, 5.41) is 4.40. The first-order valence-corrected chi connectivity index (χ1v) is 9.73. The van der Waals surface area contributed by atoms with E-state index in [-0.39, 0.29) is 17.4 Å². The molecule has 2 aromatic rings. The quantitative estimate of drug-likeness (QED) is 0.920. The first kappa shape index (κ1) is 16.2. The lowest BCUT2D eigenvalue weighted by Gasteiger charge is -2.42. The number of amides is 1. The van der Waals surface area contributed by atoms with Crippen LogP contribution in [-0.2, 0) is 16.1 Å². The van der Waals surface area contributed by atoms with Crippen molar-refractivity contribution in [1.82, 2.24) is 15.2 Å². The molecule has 5 rings (SSSR count). The molecule has 1 N–H and O–H groups in total. The lowest BCUT2D eigenvalue weighted by Crippen LogP contribution is -2.57. The van der Waals surface area contributed by atoms with Crippen molar-refractivity contribution in [3.8, 4) is 0 Å². The number of pyridine rings is 1. The minimum absolute atomic E-state index is 0.0714. The number of piperidine rings is 1. The molecule has 0 radical (unpaired) electrons. The predicted octanol–water partition coefficient (Wildman–Crippen LogP) is 2.49. The third-order valence-electron chi connectivity index (χ3n) is 6.10. The normalized spacial score (nSPS) is 28.8. The zero-order valence-electron chi connectivity index (χ0n) is 15.0. The standard InChI is InChI=1S/C21H25N3O2/c25-20(23-16-7-8-16)21-10-12-26-19(21)9-11-24(14-21)13-17-6-5-15-3-1-2-4-18(15)22-17/h1-6,16,19H,7-14H2,(H,23,25)/t19-,21-/m1/s1. The summed E-state index contributed by atoms with van der Waals surface area (Å²) < 4.78 is 5.94. The smallest absolute Gasteiger partial charge is 0.230 e. The van der Waals surface area contributed by atoms with E-state index in [1.807, 2.05) is 12.1 Å². The Bertz CT molecular complexity index is 835. The Morgan fingerprint density at radius 1 is 1.23 bits per heavy atom. The second kappa shape index (κ2) is 6.32. The van der Waals surface area contributed by atoms with Crippen molar-refractivity contribution in [2.45, 2.75) is 44.4 Å². The van der Waals surface area contributed by atoms with Gasteiger partial charge in [0.1, 0.15) is 0 Å². The van der Waals surface area contributed by atoms with Gasteiger partial charge in [0.15, 0.2) is 0 Å². The fourth-order valence-corrected chi connectivity index (χ4v) is 4.47. The minimum atomic E-state index is -0.377. The van der Waals surface area contributed by atoms with Gasteiger partial charge in [-0.25, -0.2) is 0 Å². The third kappa shape index (κ3) is 2.89. The van der Waals surface area contributed by atoms with Gasteiger partial charge in [-0.05, 0) is 37.8 Å². The predicted molar refractivity (Wildman–Crippen MR) is 99.6 cm³/mol. The molecule has 26 heavy (non-hydrogen) atoms. The second-order valence-electron chi connectivity index (χ2n) is 8.01. The van der Waals surface area contributed by atoms with E-state index in [2.05, 4.69) is 34.5 Å². The molecule has 1 aromatic heterocycles. The molecule has 0 unspecified atom stereocenters. The van der Waals surface area contributed by atoms with Crippen LogP contribution in [-0.4, -0.2) is 47.6 Å². The summed E-state index contributed by atoms with van der Waals surface area (Å²) in [6.45, 7) is 3.21. The van der Waals surface area contributed by atoms with Gasteiger partial charge in [-0.2, -0.15) is 0 Å². The van der Waals surface area contributed by atoms with Crippen molar-refractivity contribution in [3.63, 3.8) is 0 Å². The van der Waals surface area contributed by atoms with Crippen LogP contribution >= 0.6 is 0 Å². The van der Waals surface area contributed by atoms with Gasteiger partial charge in [-0.1, -0.05) is 24.3 Å². The third-order valence-corrected chi connectivity index (χ3v) is 6.10. The van der Waals surface area contributed by atoms with Gasteiger partial charge >= 0.3 is 0 Å². The summed E-state index contributed by atoms with van der Waals surface area (Å²) in [6, 6.07) is 12.9. The van der Waals surface area contributed by atoms with Crippen molar-refractivity contribution in [3.05, 3.63) is 42.1 Å². The molecule has 5 heteroatoms. The zero-order valence-corrected chi connectivity index (χ0v) is 15.0. The molecule has 1 saturated carbocycles. The number of nitrogens with zero attached hydrogens (tertiary/aromatic N) is 2. The number of hydrogen-bond acceptors (Lipinski definition) is 4. The van der Waals surface area contributed by atoms with Gasteiger partial charge in [0.2, 0.25) is 5.91 Å². The highest BCUT2D eigenvalue weighted by molar-refractivity contribution is 5.84. The summed E-state index contributed by atoms with van der Waals surface area (Å²) in [5.74, 6) is 0.207. The lowest BCUT2D eigenvalue weighted by molar-refractivity contribution is -0.139. The number of carbonyl (C=O) groups excluding carboxylic acids is 1. The summed E-state index contributed by atoms with van der Waals surface area (Å²) in [4.78, 5) is 20.2. The second-order valence-corrected chi connectivity index (χ2v) is 8.01. The fraction of sp³-hybridized carbons (Fsp3) is 0.524. The summed E-state index contributed by atoms with van der Waals surface area (Å²) in [7, 11) is 0. The van der Waals surface area contributed by atoms with Crippen LogP contribution in [0.25, 0.3) is 10.9 Å². The summed E-state index contributed by atoms with van der Waals surface area (Å²) in [6.07, 6.45) is 4.07. The van der Waals surface area contributed by atoms with Gasteiger partial charge < -0.3 is 10.1 Å². The fourth-order valence-electron chi connectivity index (χ4n) is 4.47. The maximum atomic E-state index is 13.0. The largest absolute Gasteiger partial charge is 0.377 e. The lowest BCUT2D eigenvalue weighted by atomic mass is 9.75. The molecule has 3 fully saturated rings. The number of ether oxygens (including phenoxy) is 1. The molecule has 0 spiro atoms. The van der Waals surface area contributed by atoms with Gasteiger partial charge in [0.25, 0.3) is 0 Å². The molecule has 3 heterocycles. The first-order valence-electron chi connectivity index (χ1n) is 9.73. The Morgan fingerprint density at radius 2 is 2.12 bits per heavy atom. The van der Waals surface area contributed by atoms with E-state index in [9.17, 15) is 4.79 Å². The molecule has 1 aliphatic carbocycles. The van der Waals surface area contributed by atoms with Crippen molar-refractivity contribution < 1.29 is 9.53 Å². The van der Waals surface area contributed by atoms with Crippen molar-refractivity contribution >= 4 is 16.8 Å². The van der Waals surface area contributed by atoms with Crippen molar-refractivity contribution in [2.75, 3.05) is 19.7 Å². The van der Waals surface area contributed by atoms with Crippen LogP contribution in [0.15, 0.2) is 36.4 Å². The van der Waals surface area contributed by atoms with Gasteiger partial charge in [-0.15, -0.1) is 0 Å². The Kier molecular flexibility index (Phi) is 3.94. The molecule has 0 bridgehead atoms. The van der Waals surface area contributed by atoms with Gasteiger partial charge in [0, 0.05) is 37.7 Å². The monoisotopic (exact) mass is 351 g/mol. The maximum Gasteiger partial charge on any atom is 0.230 e. The molecular weight excluding hydrogens is 326 g/mol. The molecule has 1 aromatic carbocycles. The molecule has 1 amide bonds.